The summed E-state index contributed by atoms with van der Waals surface area (Å²) in [6, 6.07) is -0.617. The fraction of sp³-hybridized carbons (Fsp3) is 0.905. The zero-order chi connectivity index (χ0) is 21.4. The van der Waals surface area contributed by atoms with Crippen LogP contribution in [0.2, 0.25) is 0 Å². The van der Waals surface area contributed by atoms with Crippen molar-refractivity contribution in [3.05, 3.63) is 0 Å². The van der Waals surface area contributed by atoms with Crippen LogP contribution in [0.4, 0.5) is 8.78 Å². The SMILES string of the molecule is CC(C)C(=O)NC1CCN(C(=O)CN2CCC3(CC2)CN(C(C)C)C3)CC1(F)F. The molecule has 3 aliphatic rings. The zero-order valence-electron chi connectivity index (χ0n) is 18.2. The maximum absolute atomic E-state index is 14.5. The molecule has 6 nitrogen and oxygen atoms in total. The molecule has 1 N–H and O–H groups in total. The van der Waals surface area contributed by atoms with Gasteiger partial charge in [0.2, 0.25) is 11.8 Å². The molecule has 2 amide bonds. The third kappa shape index (κ3) is 5.08. The molecule has 0 aromatic rings. The van der Waals surface area contributed by atoms with Gasteiger partial charge < -0.3 is 10.2 Å². The van der Waals surface area contributed by atoms with E-state index in [2.05, 4.69) is 29.0 Å². The van der Waals surface area contributed by atoms with Crippen LogP contribution in [0.1, 0.15) is 47.0 Å². The fourth-order valence-electron chi connectivity index (χ4n) is 4.64. The first kappa shape index (κ1) is 22.4. The van der Waals surface area contributed by atoms with Crippen molar-refractivity contribution < 1.29 is 18.4 Å². The summed E-state index contributed by atoms with van der Waals surface area (Å²) in [5, 5.41) is 2.44. The number of rotatable bonds is 5. The van der Waals surface area contributed by atoms with E-state index >= 15 is 0 Å². The number of carbonyl (C=O) groups excluding carboxylic acids is 2. The predicted octanol–water partition coefficient (Wildman–Crippen LogP) is 1.80. The molecule has 0 aromatic carbocycles. The Hall–Kier alpha value is -1.28. The number of alkyl halides is 2. The van der Waals surface area contributed by atoms with Gasteiger partial charge in [-0.3, -0.25) is 19.4 Å². The lowest BCUT2D eigenvalue weighted by Crippen LogP contribution is -2.63. The van der Waals surface area contributed by atoms with Crippen molar-refractivity contribution in [2.45, 2.75) is 65.0 Å². The Morgan fingerprint density at radius 1 is 1.03 bits per heavy atom. The number of hydrogen-bond donors (Lipinski definition) is 1. The molecule has 166 valence electrons. The summed E-state index contributed by atoms with van der Waals surface area (Å²) < 4.78 is 29.0. The van der Waals surface area contributed by atoms with E-state index in [0.717, 1.165) is 39.0 Å². The minimum Gasteiger partial charge on any atom is -0.347 e. The highest BCUT2D eigenvalue weighted by atomic mass is 19.3. The Kier molecular flexibility index (Phi) is 6.53. The van der Waals surface area contributed by atoms with Crippen molar-refractivity contribution in [1.82, 2.24) is 20.0 Å². The second-order valence-electron chi connectivity index (χ2n) is 9.86. The third-order valence-electron chi connectivity index (χ3n) is 6.88. The van der Waals surface area contributed by atoms with Crippen LogP contribution < -0.4 is 5.32 Å². The average Bonchev–Trinajstić information content (AvgIpc) is 2.61. The topological polar surface area (TPSA) is 55.9 Å². The van der Waals surface area contributed by atoms with Gasteiger partial charge in [0.1, 0.15) is 0 Å². The Labute approximate surface area is 173 Å². The van der Waals surface area contributed by atoms with Crippen molar-refractivity contribution in [3.63, 3.8) is 0 Å². The molecule has 0 saturated carbocycles. The molecule has 0 bridgehead atoms. The Bertz CT molecular complexity index is 610. The van der Waals surface area contributed by atoms with E-state index < -0.39 is 18.5 Å². The lowest BCUT2D eigenvalue weighted by atomic mass is 9.71. The van der Waals surface area contributed by atoms with Gasteiger partial charge in [0.25, 0.3) is 5.92 Å². The predicted molar refractivity (Wildman–Crippen MR) is 108 cm³/mol. The van der Waals surface area contributed by atoms with Gasteiger partial charge in [0, 0.05) is 31.6 Å². The highest BCUT2D eigenvalue weighted by Crippen LogP contribution is 2.41. The molecule has 3 rings (SSSR count). The highest BCUT2D eigenvalue weighted by Gasteiger charge is 2.48. The van der Waals surface area contributed by atoms with Crippen LogP contribution in [-0.2, 0) is 9.59 Å². The van der Waals surface area contributed by atoms with Gasteiger partial charge in [0.15, 0.2) is 0 Å². The standard InChI is InChI=1S/C21H36F2N4O2/c1-15(2)19(29)24-17-5-8-26(14-21(17,22)23)18(28)11-25-9-6-20(7-10-25)12-27(13-20)16(3)4/h15-17H,5-14H2,1-4H3,(H,24,29). The van der Waals surface area contributed by atoms with Crippen LogP contribution >= 0.6 is 0 Å². The Morgan fingerprint density at radius 2 is 1.66 bits per heavy atom. The summed E-state index contributed by atoms with van der Waals surface area (Å²) in [4.78, 5) is 30.3. The summed E-state index contributed by atoms with van der Waals surface area (Å²) in [6.45, 7) is 11.6. The zero-order valence-corrected chi connectivity index (χ0v) is 18.2. The Balaban J connectivity index is 1.45. The molecule has 8 heteroatoms. The second-order valence-corrected chi connectivity index (χ2v) is 9.86. The monoisotopic (exact) mass is 414 g/mol. The molecule has 0 aromatic heterocycles. The molecular formula is C21H36F2N4O2. The summed E-state index contributed by atoms with van der Waals surface area (Å²) in [7, 11) is 0. The van der Waals surface area contributed by atoms with Crippen LogP contribution in [0.3, 0.4) is 0 Å². The normalized spacial score (nSPS) is 27.3. The quantitative estimate of drug-likeness (QED) is 0.746. The lowest BCUT2D eigenvalue weighted by Gasteiger charge is -2.55. The summed E-state index contributed by atoms with van der Waals surface area (Å²) in [5.74, 6) is -4.04. The molecule has 1 spiro atoms. The van der Waals surface area contributed by atoms with E-state index in [-0.39, 0.29) is 37.2 Å². The second kappa shape index (κ2) is 8.46. The van der Waals surface area contributed by atoms with Gasteiger partial charge >= 0.3 is 0 Å². The average molecular weight is 415 g/mol. The minimum absolute atomic E-state index is 0.0886. The molecule has 3 aliphatic heterocycles. The molecule has 29 heavy (non-hydrogen) atoms. The largest absolute Gasteiger partial charge is 0.347 e. The summed E-state index contributed by atoms with van der Waals surface area (Å²) in [6.07, 6.45) is 2.23. The number of amides is 2. The smallest absolute Gasteiger partial charge is 0.285 e. The van der Waals surface area contributed by atoms with Gasteiger partial charge in [0.05, 0.1) is 19.1 Å². The van der Waals surface area contributed by atoms with Crippen molar-refractivity contribution in [1.29, 1.82) is 0 Å². The molecule has 0 aliphatic carbocycles. The van der Waals surface area contributed by atoms with Crippen LogP contribution in [0, 0.1) is 11.3 Å². The number of nitrogens with zero attached hydrogens (tertiary/aromatic N) is 3. The number of piperidine rings is 2. The summed E-state index contributed by atoms with van der Waals surface area (Å²) in [5.41, 5.74) is 0.393. The third-order valence-corrected chi connectivity index (χ3v) is 6.88. The first-order chi connectivity index (χ1) is 13.5. The van der Waals surface area contributed by atoms with Crippen molar-refractivity contribution in [2.24, 2.45) is 11.3 Å². The number of carbonyl (C=O) groups is 2. The molecule has 0 radical (unpaired) electrons. The highest BCUT2D eigenvalue weighted by molar-refractivity contribution is 5.79. The molecule has 1 unspecified atom stereocenters. The molecule has 3 heterocycles. The minimum atomic E-state index is -3.10. The van der Waals surface area contributed by atoms with Crippen molar-refractivity contribution in [3.8, 4) is 0 Å². The van der Waals surface area contributed by atoms with Crippen LogP contribution in [0.5, 0.6) is 0 Å². The molecular weight excluding hydrogens is 378 g/mol. The Morgan fingerprint density at radius 3 is 2.17 bits per heavy atom. The van der Waals surface area contributed by atoms with Crippen LogP contribution in [-0.4, -0.2) is 90.3 Å². The van der Waals surface area contributed by atoms with Gasteiger partial charge in [-0.25, -0.2) is 8.78 Å². The van der Waals surface area contributed by atoms with Crippen molar-refractivity contribution in [2.75, 3.05) is 45.8 Å². The van der Waals surface area contributed by atoms with E-state index in [1.165, 1.54) is 4.90 Å². The van der Waals surface area contributed by atoms with E-state index in [0.29, 0.717) is 11.5 Å². The van der Waals surface area contributed by atoms with Gasteiger partial charge in [-0.05, 0) is 51.6 Å². The molecule has 3 fully saturated rings. The number of likely N-dealkylation sites (tertiary alicyclic amines) is 3. The first-order valence-electron chi connectivity index (χ1n) is 10.9. The van der Waals surface area contributed by atoms with E-state index in [1.807, 2.05) is 0 Å². The summed E-state index contributed by atoms with van der Waals surface area (Å²) >= 11 is 0. The number of halogens is 2. The van der Waals surface area contributed by atoms with E-state index in [4.69, 9.17) is 0 Å². The van der Waals surface area contributed by atoms with Gasteiger partial charge in [-0.2, -0.15) is 0 Å². The van der Waals surface area contributed by atoms with E-state index in [1.54, 1.807) is 13.8 Å². The van der Waals surface area contributed by atoms with E-state index in [9.17, 15) is 18.4 Å². The lowest BCUT2D eigenvalue weighted by molar-refractivity contribution is -0.149. The van der Waals surface area contributed by atoms with Crippen LogP contribution in [0.15, 0.2) is 0 Å². The first-order valence-corrected chi connectivity index (χ1v) is 10.9. The van der Waals surface area contributed by atoms with Crippen molar-refractivity contribution >= 4 is 11.8 Å². The van der Waals surface area contributed by atoms with Gasteiger partial charge in [-0.1, -0.05) is 13.8 Å². The fourth-order valence-corrected chi connectivity index (χ4v) is 4.64. The van der Waals surface area contributed by atoms with Gasteiger partial charge in [-0.15, -0.1) is 0 Å². The maximum Gasteiger partial charge on any atom is 0.285 e. The molecule has 3 saturated heterocycles. The number of hydrogen-bond acceptors (Lipinski definition) is 4. The maximum atomic E-state index is 14.5. The number of nitrogens with one attached hydrogen (secondary N) is 1. The van der Waals surface area contributed by atoms with Crippen LogP contribution in [0.25, 0.3) is 0 Å². The molecule has 1 atom stereocenters.